The van der Waals surface area contributed by atoms with Gasteiger partial charge in [-0.3, -0.25) is 0 Å². The lowest BCUT2D eigenvalue weighted by Crippen LogP contribution is -2.63. The summed E-state index contributed by atoms with van der Waals surface area (Å²) in [6.45, 7) is 0.200. The Morgan fingerprint density at radius 2 is 1.59 bits per heavy atom. The number of fused-ring (bicyclic) bond motifs is 1. The zero-order valence-electron chi connectivity index (χ0n) is 18.7. The van der Waals surface area contributed by atoms with Gasteiger partial charge in [-0.05, 0) is 17.2 Å². The molecule has 0 aliphatic carbocycles. The smallest absolute Gasteiger partial charge is 0.339 e. The molecule has 0 radical (unpaired) electrons. The molecule has 2 aliphatic heterocycles. The van der Waals surface area contributed by atoms with Crippen LogP contribution in [0.3, 0.4) is 0 Å². The van der Waals surface area contributed by atoms with E-state index in [1.165, 1.54) is 7.11 Å². The normalized spacial score (nSPS) is 28.6. The molecule has 0 unspecified atom stereocenters. The van der Waals surface area contributed by atoms with Crippen LogP contribution in [-0.2, 0) is 23.7 Å². The van der Waals surface area contributed by atoms with Crippen LogP contribution in [0.5, 0.6) is 0 Å². The van der Waals surface area contributed by atoms with Crippen molar-refractivity contribution in [2.45, 2.75) is 37.0 Å². The van der Waals surface area contributed by atoms with Gasteiger partial charge in [0, 0.05) is 12.7 Å². The predicted molar refractivity (Wildman–Crippen MR) is 123 cm³/mol. The number of rotatable bonds is 5. The van der Waals surface area contributed by atoms with E-state index in [0.29, 0.717) is 5.56 Å². The Hall–Kier alpha value is -3.07. The van der Waals surface area contributed by atoms with Crippen LogP contribution >= 0.6 is 0 Å². The molecule has 0 bridgehead atoms. The van der Waals surface area contributed by atoms with Crippen molar-refractivity contribution in [2.75, 3.05) is 13.7 Å². The summed E-state index contributed by atoms with van der Waals surface area (Å²) in [5.41, 5.74) is 2.85. The second kappa shape index (κ2) is 10.0. The first-order chi connectivity index (χ1) is 16.7. The number of hydrogen-bond donors (Lipinski definition) is 1. The lowest BCUT2D eigenvalue weighted by molar-refractivity contribution is -0.357. The maximum atomic E-state index is 13.4. The molecule has 6 atom stereocenters. The molecule has 7 nitrogen and oxygen atoms in total. The Morgan fingerprint density at radius 1 is 0.912 bits per heavy atom. The summed E-state index contributed by atoms with van der Waals surface area (Å²) in [4.78, 5) is 13.4. The van der Waals surface area contributed by atoms with Gasteiger partial charge in [-0.15, -0.1) is 0 Å². The molecule has 7 heteroatoms. The Bertz CT molecular complexity index is 1100. The zero-order valence-corrected chi connectivity index (χ0v) is 18.7. The van der Waals surface area contributed by atoms with Gasteiger partial charge >= 0.3 is 5.97 Å². The van der Waals surface area contributed by atoms with E-state index in [9.17, 15) is 9.90 Å². The largest absolute Gasteiger partial charge is 0.453 e. The van der Waals surface area contributed by atoms with Gasteiger partial charge in [0.15, 0.2) is 18.7 Å². The molecule has 2 saturated heterocycles. The summed E-state index contributed by atoms with van der Waals surface area (Å²) in [5, 5.41) is 11.0. The van der Waals surface area contributed by atoms with Crippen LogP contribution in [0.1, 0.15) is 22.2 Å². The van der Waals surface area contributed by atoms with Crippen molar-refractivity contribution in [3.8, 4) is 11.1 Å². The zero-order chi connectivity index (χ0) is 23.5. The minimum Gasteiger partial charge on any atom is -0.453 e. The third-order valence-corrected chi connectivity index (χ3v) is 6.09. The average molecular weight is 462 g/mol. The molecule has 0 aromatic heterocycles. The van der Waals surface area contributed by atoms with E-state index >= 15 is 0 Å². The van der Waals surface area contributed by atoms with Crippen LogP contribution in [0.4, 0.5) is 0 Å². The van der Waals surface area contributed by atoms with Gasteiger partial charge in [0.2, 0.25) is 0 Å². The molecule has 5 rings (SSSR count). The maximum Gasteiger partial charge on any atom is 0.339 e. The molecule has 2 fully saturated rings. The number of hydrogen-bond acceptors (Lipinski definition) is 7. The number of carbonyl (C=O) groups is 1. The SMILES string of the molecule is CO[C@H]1O[C@@H]2CO[C@@H](c3ccccc3)O[C@H]2[C@H](OC(=O)c2ccccc2-c2ccccc2)[C@H]1O. The summed E-state index contributed by atoms with van der Waals surface area (Å²) in [7, 11) is 1.43. The number of benzene rings is 3. The lowest BCUT2D eigenvalue weighted by atomic mass is 9.96. The van der Waals surface area contributed by atoms with Crippen molar-refractivity contribution in [3.63, 3.8) is 0 Å². The first kappa shape index (κ1) is 22.7. The fraction of sp³-hybridized carbons (Fsp3) is 0.296. The molecule has 0 saturated carbocycles. The predicted octanol–water partition coefficient (Wildman–Crippen LogP) is 3.73. The highest BCUT2D eigenvalue weighted by molar-refractivity contribution is 5.97. The fourth-order valence-electron chi connectivity index (χ4n) is 4.39. The summed E-state index contributed by atoms with van der Waals surface area (Å²) in [6, 6.07) is 26.3. The van der Waals surface area contributed by atoms with Gasteiger partial charge in [0.05, 0.1) is 12.2 Å². The minimum absolute atomic E-state index is 0.200. The molecule has 34 heavy (non-hydrogen) atoms. The number of esters is 1. The first-order valence-electron chi connectivity index (χ1n) is 11.2. The van der Waals surface area contributed by atoms with Crippen LogP contribution in [-0.4, -0.2) is 55.5 Å². The lowest BCUT2D eigenvalue weighted by Gasteiger charge is -2.47. The summed E-state index contributed by atoms with van der Waals surface area (Å²) >= 11 is 0. The van der Waals surface area contributed by atoms with Crippen molar-refractivity contribution in [3.05, 3.63) is 96.1 Å². The van der Waals surface area contributed by atoms with E-state index in [-0.39, 0.29) is 6.61 Å². The molecule has 0 amide bonds. The van der Waals surface area contributed by atoms with E-state index in [1.807, 2.05) is 72.8 Å². The summed E-state index contributed by atoms with van der Waals surface area (Å²) in [6.07, 6.45) is -5.23. The molecular weight excluding hydrogens is 436 g/mol. The molecule has 3 aromatic rings. The van der Waals surface area contributed by atoms with Gasteiger partial charge in [-0.1, -0.05) is 78.9 Å². The van der Waals surface area contributed by atoms with Crippen LogP contribution < -0.4 is 0 Å². The van der Waals surface area contributed by atoms with Gasteiger partial charge in [0.25, 0.3) is 0 Å². The van der Waals surface area contributed by atoms with E-state index in [1.54, 1.807) is 12.1 Å². The molecule has 2 aliphatic rings. The van der Waals surface area contributed by atoms with Crippen molar-refractivity contribution in [2.24, 2.45) is 0 Å². The number of ether oxygens (including phenoxy) is 5. The second-order valence-corrected chi connectivity index (χ2v) is 8.23. The highest BCUT2D eigenvalue weighted by Crippen LogP contribution is 2.36. The third kappa shape index (κ3) is 4.49. The van der Waals surface area contributed by atoms with Crippen LogP contribution in [0.2, 0.25) is 0 Å². The van der Waals surface area contributed by atoms with Crippen LogP contribution in [0, 0.1) is 0 Å². The number of carbonyl (C=O) groups excluding carboxylic acids is 1. The topological polar surface area (TPSA) is 83.5 Å². The Kier molecular flexibility index (Phi) is 6.71. The minimum atomic E-state index is -1.24. The van der Waals surface area contributed by atoms with E-state index in [4.69, 9.17) is 23.7 Å². The molecule has 0 spiro atoms. The highest BCUT2D eigenvalue weighted by Gasteiger charge is 2.51. The Labute approximate surface area is 197 Å². The van der Waals surface area contributed by atoms with Crippen molar-refractivity contribution < 1.29 is 33.6 Å². The maximum absolute atomic E-state index is 13.4. The fourth-order valence-corrected chi connectivity index (χ4v) is 4.39. The van der Waals surface area contributed by atoms with Crippen molar-refractivity contribution in [1.29, 1.82) is 0 Å². The molecule has 2 heterocycles. The van der Waals surface area contributed by atoms with E-state index < -0.39 is 43.0 Å². The van der Waals surface area contributed by atoms with E-state index in [2.05, 4.69) is 0 Å². The van der Waals surface area contributed by atoms with Crippen LogP contribution in [0.25, 0.3) is 11.1 Å². The van der Waals surface area contributed by atoms with E-state index in [0.717, 1.165) is 16.7 Å². The molecule has 1 N–H and O–H groups in total. The van der Waals surface area contributed by atoms with Gasteiger partial charge < -0.3 is 28.8 Å². The summed E-state index contributed by atoms with van der Waals surface area (Å²) < 4.78 is 29.1. The molecule has 176 valence electrons. The van der Waals surface area contributed by atoms with Crippen molar-refractivity contribution >= 4 is 5.97 Å². The number of aliphatic hydroxyl groups excluding tert-OH is 1. The Balaban J connectivity index is 1.42. The molecule has 3 aromatic carbocycles. The number of aliphatic hydroxyl groups is 1. The number of methoxy groups -OCH3 is 1. The van der Waals surface area contributed by atoms with Gasteiger partial charge in [-0.25, -0.2) is 4.79 Å². The Morgan fingerprint density at radius 3 is 2.32 bits per heavy atom. The van der Waals surface area contributed by atoms with Gasteiger partial charge in [-0.2, -0.15) is 0 Å². The van der Waals surface area contributed by atoms with Crippen LogP contribution in [0.15, 0.2) is 84.9 Å². The second-order valence-electron chi connectivity index (χ2n) is 8.23. The summed E-state index contributed by atoms with van der Waals surface area (Å²) in [5.74, 6) is -0.564. The monoisotopic (exact) mass is 462 g/mol. The standard InChI is InChI=1S/C27H26O7/c1-30-27-22(28)24(23-21(32-27)16-31-26(34-23)18-12-6-3-7-13-18)33-25(29)20-15-9-8-14-19(20)17-10-4-2-5-11-17/h2-15,21-24,26-28H,16H2,1H3/t21-,22-,23-,24-,26-,27+/m1/s1. The first-order valence-corrected chi connectivity index (χ1v) is 11.2. The molecular formula is C27H26O7. The van der Waals surface area contributed by atoms with Crippen molar-refractivity contribution in [1.82, 2.24) is 0 Å². The third-order valence-electron chi connectivity index (χ3n) is 6.09. The highest BCUT2D eigenvalue weighted by atomic mass is 16.8. The average Bonchev–Trinajstić information content (AvgIpc) is 2.90. The quantitative estimate of drug-likeness (QED) is 0.579. The van der Waals surface area contributed by atoms with Gasteiger partial charge in [0.1, 0.15) is 18.3 Å².